The zero-order chi connectivity index (χ0) is 42.2. The average Bonchev–Trinajstić information content (AvgIpc) is 4.02. The minimum atomic E-state index is -0.528. The Morgan fingerprint density at radius 3 is 1.69 bits per heavy atom. The molecule has 0 unspecified atom stereocenters. The normalized spacial score (nSPS) is 12.8. The predicted octanol–water partition coefficient (Wildman–Crippen LogP) is 16.7. The highest BCUT2D eigenvalue weighted by molar-refractivity contribution is 7.26. The van der Waals surface area contributed by atoms with Gasteiger partial charge in [0.1, 0.15) is 0 Å². The summed E-state index contributed by atoms with van der Waals surface area (Å²) >= 11 is 1.88. The summed E-state index contributed by atoms with van der Waals surface area (Å²) < 4.78 is 5.04. The van der Waals surface area contributed by atoms with Crippen LogP contribution in [0, 0.1) is 0 Å². The molecule has 3 heteroatoms. The largest absolute Gasteiger partial charge is 0.310 e. The maximum Gasteiger partial charge on any atom is 0.0714 e. The molecule has 300 valence electrons. The van der Waals surface area contributed by atoms with Crippen molar-refractivity contribution in [1.82, 2.24) is 4.57 Å². The van der Waals surface area contributed by atoms with Crippen LogP contribution in [0.1, 0.15) is 22.3 Å². The smallest absolute Gasteiger partial charge is 0.0714 e. The van der Waals surface area contributed by atoms with E-state index in [2.05, 4.69) is 252 Å². The summed E-state index contributed by atoms with van der Waals surface area (Å²) in [4.78, 5) is 2.51. The van der Waals surface area contributed by atoms with Gasteiger partial charge in [-0.15, -0.1) is 11.3 Å². The lowest BCUT2D eigenvalue weighted by Crippen LogP contribution is -2.28. The molecule has 0 saturated heterocycles. The third-order valence-electron chi connectivity index (χ3n) is 13.4. The molecule has 2 nitrogen and oxygen atoms in total. The molecule has 2 heterocycles. The molecule has 0 aliphatic heterocycles. The molecule has 0 saturated carbocycles. The molecule has 0 bridgehead atoms. The van der Waals surface area contributed by atoms with Gasteiger partial charge in [-0.3, -0.25) is 0 Å². The van der Waals surface area contributed by atoms with E-state index in [1.807, 2.05) is 11.3 Å². The zero-order valence-electron chi connectivity index (χ0n) is 34.9. The standard InChI is InChI=1S/C61H40N2S/c1-3-20-42(21-4-1)61(43-22-5-2-6-23-43)53-33-11-7-30-52(53)59-54(61)34-18-37-57(59)62(44-24-15-19-41(39-44)47-31-17-32-51-50-29-10-14-38-58(50)64-60(47)51)45-25-16-26-46(40-45)63-55-35-12-8-27-48(55)49-28-9-13-36-56(49)63/h1-40H. The van der Waals surface area contributed by atoms with E-state index in [-0.39, 0.29) is 0 Å². The highest BCUT2D eigenvalue weighted by atomic mass is 32.1. The Hall–Kier alpha value is -7.98. The molecule has 0 spiro atoms. The summed E-state index contributed by atoms with van der Waals surface area (Å²) in [6.45, 7) is 0. The van der Waals surface area contributed by atoms with Crippen LogP contribution in [0.4, 0.5) is 17.1 Å². The third-order valence-corrected chi connectivity index (χ3v) is 14.7. The van der Waals surface area contributed by atoms with Crippen LogP contribution in [0.2, 0.25) is 0 Å². The van der Waals surface area contributed by atoms with E-state index in [4.69, 9.17) is 0 Å². The van der Waals surface area contributed by atoms with E-state index in [0.29, 0.717) is 0 Å². The lowest BCUT2D eigenvalue weighted by atomic mass is 9.68. The van der Waals surface area contributed by atoms with Crippen LogP contribution in [-0.4, -0.2) is 4.57 Å². The molecule has 0 atom stereocenters. The summed E-state index contributed by atoms with van der Waals surface area (Å²) in [6, 6.07) is 89.6. The highest BCUT2D eigenvalue weighted by Gasteiger charge is 2.47. The molecular formula is C61H40N2S. The van der Waals surface area contributed by atoms with Gasteiger partial charge in [-0.2, -0.15) is 0 Å². The Morgan fingerprint density at radius 2 is 0.938 bits per heavy atom. The van der Waals surface area contributed by atoms with Gasteiger partial charge in [-0.1, -0.05) is 188 Å². The quantitative estimate of drug-likeness (QED) is 0.155. The molecule has 64 heavy (non-hydrogen) atoms. The molecule has 10 aromatic carbocycles. The second kappa shape index (κ2) is 14.6. The Morgan fingerprint density at radius 1 is 0.391 bits per heavy atom. The Kier molecular flexibility index (Phi) is 8.34. The molecular weight excluding hydrogens is 793 g/mol. The van der Waals surface area contributed by atoms with Gasteiger partial charge in [0.2, 0.25) is 0 Å². The fourth-order valence-corrected chi connectivity index (χ4v) is 12.1. The number of hydrogen-bond donors (Lipinski definition) is 0. The SMILES string of the molecule is c1ccc(C2(c3ccccc3)c3ccccc3-c3c(N(c4cccc(-c5cccc6c5sc5ccccc56)c4)c4cccc(-n5c6ccccc6c6ccccc65)c4)cccc32)cc1. The van der Waals surface area contributed by atoms with E-state index in [1.165, 1.54) is 86.5 Å². The second-order valence-electron chi connectivity index (χ2n) is 16.8. The molecule has 2 aromatic heterocycles. The monoisotopic (exact) mass is 832 g/mol. The van der Waals surface area contributed by atoms with E-state index >= 15 is 0 Å². The van der Waals surface area contributed by atoms with Crippen LogP contribution in [0.3, 0.4) is 0 Å². The number of nitrogens with zero attached hydrogens (tertiary/aromatic N) is 2. The van der Waals surface area contributed by atoms with Crippen LogP contribution in [0.25, 0.3) is 69.9 Å². The topological polar surface area (TPSA) is 8.17 Å². The molecule has 0 fully saturated rings. The van der Waals surface area contributed by atoms with Gasteiger partial charge < -0.3 is 9.47 Å². The minimum absolute atomic E-state index is 0.528. The third kappa shape index (κ3) is 5.38. The van der Waals surface area contributed by atoms with Gasteiger partial charge in [0, 0.05) is 53.6 Å². The number of anilines is 3. The Labute approximate surface area is 376 Å². The first kappa shape index (κ1) is 36.7. The Balaban J connectivity index is 1.09. The van der Waals surface area contributed by atoms with E-state index < -0.39 is 5.41 Å². The summed E-state index contributed by atoms with van der Waals surface area (Å²) in [5.74, 6) is 0. The van der Waals surface area contributed by atoms with Crippen molar-refractivity contribution in [3.05, 3.63) is 265 Å². The fraction of sp³-hybridized carbons (Fsp3) is 0.0164. The van der Waals surface area contributed by atoms with Gasteiger partial charge in [0.15, 0.2) is 0 Å². The van der Waals surface area contributed by atoms with Crippen molar-refractivity contribution in [2.45, 2.75) is 5.41 Å². The van der Waals surface area contributed by atoms with Crippen LogP contribution in [-0.2, 0) is 5.41 Å². The predicted molar refractivity (Wildman–Crippen MR) is 271 cm³/mol. The number of para-hydroxylation sites is 2. The summed E-state index contributed by atoms with van der Waals surface area (Å²) in [6.07, 6.45) is 0. The van der Waals surface area contributed by atoms with Crippen LogP contribution < -0.4 is 4.90 Å². The second-order valence-corrected chi connectivity index (χ2v) is 17.8. The maximum absolute atomic E-state index is 2.51. The van der Waals surface area contributed by atoms with Gasteiger partial charge >= 0.3 is 0 Å². The maximum atomic E-state index is 2.51. The number of fused-ring (bicyclic) bond motifs is 9. The Bertz CT molecular complexity index is 3650. The molecule has 0 N–H and O–H groups in total. The lowest BCUT2D eigenvalue weighted by molar-refractivity contribution is 0.768. The highest BCUT2D eigenvalue weighted by Crippen LogP contribution is 2.59. The molecule has 12 aromatic rings. The number of thiophene rings is 1. The summed E-state index contributed by atoms with van der Waals surface area (Å²) in [5.41, 5.74) is 16.3. The van der Waals surface area contributed by atoms with E-state index in [0.717, 1.165) is 22.7 Å². The molecule has 0 amide bonds. The number of rotatable bonds is 7. The zero-order valence-corrected chi connectivity index (χ0v) is 35.7. The van der Waals surface area contributed by atoms with Gasteiger partial charge in [-0.05, 0) is 93.5 Å². The summed E-state index contributed by atoms with van der Waals surface area (Å²) in [5, 5.41) is 5.11. The van der Waals surface area contributed by atoms with Crippen molar-refractivity contribution in [2.24, 2.45) is 0 Å². The first-order chi connectivity index (χ1) is 31.8. The number of benzene rings is 10. The lowest BCUT2D eigenvalue weighted by Gasteiger charge is -2.34. The van der Waals surface area contributed by atoms with Gasteiger partial charge in [0.05, 0.1) is 22.1 Å². The van der Waals surface area contributed by atoms with Crippen LogP contribution >= 0.6 is 11.3 Å². The van der Waals surface area contributed by atoms with Crippen molar-refractivity contribution in [3.63, 3.8) is 0 Å². The van der Waals surface area contributed by atoms with Crippen LogP contribution in [0.15, 0.2) is 243 Å². The summed E-state index contributed by atoms with van der Waals surface area (Å²) in [7, 11) is 0. The van der Waals surface area contributed by atoms with Crippen molar-refractivity contribution in [2.75, 3.05) is 4.90 Å². The first-order valence-electron chi connectivity index (χ1n) is 22.0. The number of hydrogen-bond acceptors (Lipinski definition) is 2. The van der Waals surface area contributed by atoms with Crippen molar-refractivity contribution in [3.8, 4) is 27.9 Å². The van der Waals surface area contributed by atoms with E-state index in [9.17, 15) is 0 Å². The molecule has 1 aliphatic rings. The van der Waals surface area contributed by atoms with E-state index in [1.54, 1.807) is 0 Å². The molecule has 1 aliphatic carbocycles. The van der Waals surface area contributed by atoms with Crippen molar-refractivity contribution >= 4 is 70.4 Å². The van der Waals surface area contributed by atoms with Gasteiger partial charge in [0.25, 0.3) is 0 Å². The van der Waals surface area contributed by atoms with Crippen LogP contribution in [0.5, 0.6) is 0 Å². The first-order valence-corrected chi connectivity index (χ1v) is 22.8. The minimum Gasteiger partial charge on any atom is -0.310 e. The van der Waals surface area contributed by atoms with Crippen molar-refractivity contribution in [1.29, 1.82) is 0 Å². The molecule has 0 radical (unpaired) electrons. The van der Waals surface area contributed by atoms with Gasteiger partial charge in [-0.25, -0.2) is 0 Å². The average molecular weight is 833 g/mol. The number of aromatic nitrogens is 1. The van der Waals surface area contributed by atoms with Crippen molar-refractivity contribution < 1.29 is 0 Å². The molecule has 13 rings (SSSR count). The fourth-order valence-electron chi connectivity index (χ4n) is 10.8.